The first kappa shape index (κ1) is 18.1. The van der Waals surface area contributed by atoms with Crippen molar-refractivity contribution in [2.45, 2.75) is 32.4 Å². The van der Waals surface area contributed by atoms with Crippen LogP contribution in [0.5, 0.6) is 5.75 Å². The highest BCUT2D eigenvalue weighted by atomic mass is 35.5. The summed E-state index contributed by atoms with van der Waals surface area (Å²) in [6.45, 7) is 0.268. The SMILES string of the molecule is CC(N)C1CCN(C(=O)c2sccc2OC(F)F)CC1.Cl. The fraction of sp³-hybridized carbons (Fsp3) is 0.615. The number of thiophene rings is 1. The Morgan fingerprint density at radius 2 is 2.10 bits per heavy atom. The first-order valence-electron chi connectivity index (χ1n) is 6.56. The molecule has 1 aliphatic heterocycles. The van der Waals surface area contributed by atoms with Crippen LogP contribution in [0.25, 0.3) is 0 Å². The van der Waals surface area contributed by atoms with Crippen molar-refractivity contribution in [1.29, 1.82) is 0 Å². The molecular weight excluding hydrogens is 322 g/mol. The van der Waals surface area contributed by atoms with Crippen molar-refractivity contribution in [2.75, 3.05) is 13.1 Å². The van der Waals surface area contributed by atoms with E-state index in [0.29, 0.717) is 19.0 Å². The number of ether oxygens (including phenoxy) is 1. The summed E-state index contributed by atoms with van der Waals surface area (Å²) in [5.74, 6) is 0.141. The van der Waals surface area contributed by atoms with Crippen LogP contribution in [0.4, 0.5) is 8.78 Å². The van der Waals surface area contributed by atoms with E-state index in [4.69, 9.17) is 5.73 Å². The largest absolute Gasteiger partial charge is 0.433 e. The van der Waals surface area contributed by atoms with Crippen LogP contribution in [0.1, 0.15) is 29.4 Å². The fourth-order valence-corrected chi connectivity index (χ4v) is 3.20. The van der Waals surface area contributed by atoms with Crippen molar-refractivity contribution in [3.8, 4) is 5.75 Å². The Kier molecular flexibility index (Phi) is 6.83. The molecule has 8 heteroatoms. The van der Waals surface area contributed by atoms with E-state index in [9.17, 15) is 13.6 Å². The second-order valence-corrected chi connectivity index (χ2v) is 5.90. The maximum atomic E-state index is 12.3. The molecule has 0 aliphatic carbocycles. The van der Waals surface area contributed by atoms with E-state index < -0.39 is 6.61 Å². The summed E-state index contributed by atoms with van der Waals surface area (Å²) >= 11 is 1.13. The Hall–Kier alpha value is -0.920. The molecule has 1 aromatic rings. The monoisotopic (exact) mass is 340 g/mol. The number of carbonyl (C=O) groups is 1. The zero-order valence-corrected chi connectivity index (χ0v) is 13.3. The molecule has 1 saturated heterocycles. The van der Waals surface area contributed by atoms with Crippen molar-refractivity contribution in [3.05, 3.63) is 16.3 Å². The molecule has 1 unspecified atom stereocenters. The minimum atomic E-state index is -2.92. The molecule has 21 heavy (non-hydrogen) atoms. The van der Waals surface area contributed by atoms with Crippen molar-refractivity contribution in [2.24, 2.45) is 11.7 Å². The van der Waals surface area contributed by atoms with Crippen molar-refractivity contribution in [3.63, 3.8) is 0 Å². The van der Waals surface area contributed by atoms with Gasteiger partial charge in [-0.15, -0.1) is 23.7 Å². The molecule has 120 valence electrons. The van der Waals surface area contributed by atoms with Crippen LogP contribution >= 0.6 is 23.7 Å². The number of piperidine rings is 1. The van der Waals surface area contributed by atoms with Crippen molar-refractivity contribution < 1.29 is 18.3 Å². The van der Waals surface area contributed by atoms with Gasteiger partial charge in [-0.2, -0.15) is 8.78 Å². The molecule has 0 aromatic carbocycles. The number of hydrogen-bond donors (Lipinski definition) is 1. The number of nitrogens with two attached hydrogens (primary N) is 1. The molecule has 0 radical (unpaired) electrons. The van der Waals surface area contributed by atoms with Gasteiger partial charge in [0.1, 0.15) is 10.6 Å². The van der Waals surface area contributed by atoms with Gasteiger partial charge in [0.2, 0.25) is 0 Å². The van der Waals surface area contributed by atoms with Crippen LogP contribution in [-0.4, -0.2) is 36.5 Å². The molecule has 1 aromatic heterocycles. The lowest BCUT2D eigenvalue weighted by molar-refractivity contribution is -0.0499. The average Bonchev–Trinajstić information content (AvgIpc) is 2.85. The standard InChI is InChI=1S/C13H18F2N2O2S.ClH/c1-8(16)9-2-5-17(6-3-9)12(18)11-10(4-7-20-11)19-13(14)15;/h4,7-9,13H,2-3,5-6,16H2,1H3;1H. The molecule has 0 saturated carbocycles. The zero-order valence-electron chi connectivity index (χ0n) is 11.6. The molecule has 1 aliphatic rings. The van der Waals surface area contributed by atoms with Gasteiger partial charge in [0.25, 0.3) is 5.91 Å². The van der Waals surface area contributed by atoms with E-state index in [1.54, 1.807) is 10.3 Å². The quantitative estimate of drug-likeness (QED) is 0.916. The highest BCUT2D eigenvalue weighted by molar-refractivity contribution is 7.12. The van der Waals surface area contributed by atoms with E-state index in [-0.39, 0.29) is 35.0 Å². The summed E-state index contributed by atoms with van der Waals surface area (Å²) in [6.07, 6.45) is 1.69. The normalized spacial score (nSPS) is 17.5. The predicted molar refractivity (Wildman–Crippen MR) is 80.5 cm³/mol. The number of alkyl halides is 2. The molecule has 4 nitrogen and oxygen atoms in total. The number of halogens is 3. The van der Waals surface area contributed by atoms with Gasteiger partial charge in [-0.1, -0.05) is 0 Å². The van der Waals surface area contributed by atoms with Crippen molar-refractivity contribution in [1.82, 2.24) is 4.90 Å². The molecule has 1 atom stereocenters. The molecule has 0 bridgehead atoms. The Balaban J connectivity index is 0.00000220. The maximum Gasteiger partial charge on any atom is 0.387 e. The van der Waals surface area contributed by atoms with Gasteiger partial charge in [0, 0.05) is 19.1 Å². The van der Waals surface area contributed by atoms with E-state index >= 15 is 0 Å². The minimum Gasteiger partial charge on any atom is -0.433 e. The van der Waals surface area contributed by atoms with Gasteiger partial charge in [0.15, 0.2) is 0 Å². The van der Waals surface area contributed by atoms with Gasteiger partial charge in [-0.3, -0.25) is 4.79 Å². The minimum absolute atomic E-state index is 0. The van der Waals surface area contributed by atoms with Gasteiger partial charge in [-0.25, -0.2) is 0 Å². The fourth-order valence-electron chi connectivity index (χ4n) is 2.41. The molecule has 2 N–H and O–H groups in total. The summed E-state index contributed by atoms with van der Waals surface area (Å²) in [5.41, 5.74) is 5.86. The summed E-state index contributed by atoms with van der Waals surface area (Å²) in [4.78, 5) is 14.2. The number of hydrogen-bond acceptors (Lipinski definition) is 4. The molecular formula is C13H19ClF2N2O2S. The van der Waals surface area contributed by atoms with E-state index in [2.05, 4.69) is 4.74 Å². The Morgan fingerprint density at radius 3 is 2.62 bits per heavy atom. The molecule has 2 rings (SSSR count). The van der Waals surface area contributed by atoms with Gasteiger partial charge < -0.3 is 15.4 Å². The summed E-state index contributed by atoms with van der Waals surface area (Å²) in [6, 6.07) is 1.52. The third-order valence-electron chi connectivity index (χ3n) is 3.61. The van der Waals surface area contributed by atoms with Crippen LogP contribution < -0.4 is 10.5 Å². The van der Waals surface area contributed by atoms with Crippen LogP contribution in [0.15, 0.2) is 11.4 Å². The molecule has 2 heterocycles. The van der Waals surface area contributed by atoms with E-state index in [1.807, 2.05) is 6.92 Å². The highest BCUT2D eigenvalue weighted by Gasteiger charge is 2.28. The molecule has 0 spiro atoms. The third-order valence-corrected chi connectivity index (χ3v) is 4.49. The van der Waals surface area contributed by atoms with E-state index in [1.165, 1.54) is 6.07 Å². The average molecular weight is 341 g/mol. The third kappa shape index (κ3) is 4.52. The van der Waals surface area contributed by atoms with E-state index in [0.717, 1.165) is 24.2 Å². The zero-order chi connectivity index (χ0) is 14.7. The second kappa shape index (κ2) is 7.91. The topological polar surface area (TPSA) is 55.6 Å². The Bertz CT molecular complexity index is 463. The van der Waals surface area contributed by atoms with Gasteiger partial charge in [0.05, 0.1) is 0 Å². The predicted octanol–water partition coefficient (Wildman–Crippen LogP) is 2.97. The first-order valence-corrected chi connectivity index (χ1v) is 7.44. The van der Waals surface area contributed by atoms with Crippen LogP contribution in [0, 0.1) is 5.92 Å². The number of carbonyl (C=O) groups excluding carboxylic acids is 1. The lowest BCUT2D eigenvalue weighted by atomic mass is 9.91. The van der Waals surface area contributed by atoms with Gasteiger partial charge in [-0.05, 0) is 37.1 Å². The number of amides is 1. The lowest BCUT2D eigenvalue weighted by Crippen LogP contribution is -2.42. The highest BCUT2D eigenvalue weighted by Crippen LogP contribution is 2.29. The van der Waals surface area contributed by atoms with Crippen molar-refractivity contribution >= 4 is 29.7 Å². The number of likely N-dealkylation sites (tertiary alicyclic amines) is 1. The van der Waals surface area contributed by atoms with Gasteiger partial charge >= 0.3 is 6.61 Å². The van der Waals surface area contributed by atoms with Crippen LogP contribution in [-0.2, 0) is 0 Å². The Morgan fingerprint density at radius 1 is 1.48 bits per heavy atom. The first-order chi connectivity index (χ1) is 9.49. The number of rotatable bonds is 4. The maximum absolute atomic E-state index is 12.3. The molecule has 1 fully saturated rings. The second-order valence-electron chi connectivity index (χ2n) is 4.98. The van der Waals surface area contributed by atoms with Crippen LogP contribution in [0.3, 0.4) is 0 Å². The Labute approximate surface area is 132 Å². The summed E-state index contributed by atoms with van der Waals surface area (Å²) < 4.78 is 28.9. The van der Waals surface area contributed by atoms with Crippen LogP contribution in [0.2, 0.25) is 0 Å². The lowest BCUT2D eigenvalue weighted by Gasteiger charge is -2.33. The summed E-state index contributed by atoms with van der Waals surface area (Å²) in [7, 11) is 0. The number of nitrogens with zero attached hydrogens (tertiary/aromatic N) is 1. The molecule has 1 amide bonds. The summed E-state index contributed by atoms with van der Waals surface area (Å²) in [5, 5.41) is 1.58. The smallest absolute Gasteiger partial charge is 0.387 e.